The molecule has 0 aliphatic rings. The van der Waals surface area contributed by atoms with Crippen LogP contribution in [-0.2, 0) is 0 Å². The van der Waals surface area contributed by atoms with Gasteiger partial charge in [0.1, 0.15) is 5.75 Å². The van der Waals surface area contributed by atoms with Crippen molar-refractivity contribution in [3.8, 4) is 16.9 Å². The van der Waals surface area contributed by atoms with Crippen molar-refractivity contribution < 1.29 is 9.66 Å². The summed E-state index contributed by atoms with van der Waals surface area (Å²) in [6.45, 7) is 2.03. The van der Waals surface area contributed by atoms with E-state index in [1.54, 1.807) is 19.2 Å². The first kappa shape index (κ1) is 13.2. The number of aromatic amines is 1. The number of ether oxygens (including phenoxy) is 1. The van der Waals surface area contributed by atoms with Crippen molar-refractivity contribution in [1.82, 2.24) is 4.98 Å². The molecule has 0 saturated heterocycles. The first-order valence-corrected chi connectivity index (χ1v) is 6.50. The SMILES string of the molecule is COc1ccc(C)c(-c2c[nH]c3cc([N+](=O)[O-])ccc23)c1. The quantitative estimate of drug-likeness (QED) is 0.581. The molecule has 2 aromatic carbocycles. The van der Waals surface area contributed by atoms with Crippen molar-refractivity contribution in [3.05, 3.63) is 58.3 Å². The Bertz CT molecular complexity index is 837. The molecular formula is C16H14N2O3. The van der Waals surface area contributed by atoms with E-state index in [9.17, 15) is 10.1 Å². The van der Waals surface area contributed by atoms with Crippen LogP contribution in [0.5, 0.6) is 5.75 Å². The molecule has 0 aliphatic heterocycles. The summed E-state index contributed by atoms with van der Waals surface area (Å²) in [6, 6.07) is 10.7. The number of nitrogens with one attached hydrogen (secondary N) is 1. The van der Waals surface area contributed by atoms with Crippen LogP contribution in [0.25, 0.3) is 22.0 Å². The van der Waals surface area contributed by atoms with E-state index in [0.29, 0.717) is 0 Å². The number of H-pyrrole nitrogens is 1. The lowest BCUT2D eigenvalue weighted by atomic mass is 9.99. The number of nitrogens with zero attached hydrogens (tertiary/aromatic N) is 1. The van der Waals surface area contributed by atoms with Crippen molar-refractivity contribution in [3.63, 3.8) is 0 Å². The molecule has 106 valence electrons. The molecule has 0 fully saturated rings. The maximum Gasteiger partial charge on any atom is 0.271 e. The van der Waals surface area contributed by atoms with Crippen LogP contribution in [0.15, 0.2) is 42.6 Å². The fourth-order valence-electron chi connectivity index (χ4n) is 2.47. The second kappa shape index (κ2) is 4.94. The average Bonchev–Trinajstić information content (AvgIpc) is 2.90. The second-order valence-corrected chi connectivity index (χ2v) is 4.87. The lowest BCUT2D eigenvalue weighted by Gasteiger charge is -2.07. The molecule has 0 saturated carbocycles. The highest BCUT2D eigenvalue weighted by atomic mass is 16.6. The number of nitro benzene ring substituents is 1. The molecule has 0 bridgehead atoms. The number of methoxy groups -OCH3 is 1. The minimum Gasteiger partial charge on any atom is -0.497 e. The normalized spacial score (nSPS) is 10.8. The fourth-order valence-corrected chi connectivity index (χ4v) is 2.47. The minimum atomic E-state index is -0.392. The van der Waals surface area contributed by atoms with Gasteiger partial charge in [0.05, 0.1) is 17.5 Å². The first-order valence-electron chi connectivity index (χ1n) is 6.50. The Balaban J connectivity index is 2.19. The van der Waals surface area contributed by atoms with Gasteiger partial charge in [-0.25, -0.2) is 0 Å². The summed E-state index contributed by atoms with van der Waals surface area (Å²) in [5, 5.41) is 11.8. The van der Waals surface area contributed by atoms with Crippen molar-refractivity contribution >= 4 is 16.6 Å². The van der Waals surface area contributed by atoms with Gasteiger partial charge in [0.2, 0.25) is 0 Å². The molecule has 3 rings (SSSR count). The molecule has 5 heteroatoms. The molecule has 1 aromatic heterocycles. The van der Waals surface area contributed by atoms with Gasteiger partial charge in [0.15, 0.2) is 0 Å². The highest BCUT2D eigenvalue weighted by Gasteiger charge is 2.13. The van der Waals surface area contributed by atoms with Crippen LogP contribution < -0.4 is 4.74 Å². The minimum absolute atomic E-state index is 0.0817. The standard InChI is InChI=1S/C16H14N2O3/c1-10-3-5-12(21-2)8-14(10)15-9-17-16-7-11(18(19)20)4-6-13(15)16/h3-9,17H,1-2H3. The predicted molar refractivity (Wildman–Crippen MR) is 81.7 cm³/mol. The molecule has 0 atom stereocenters. The highest BCUT2D eigenvalue weighted by molar-refractivity contribution is 5.97. The Hall–Kier alpha value is -2.82. The van der Waals surface area contributed by atoms with E-state index >= 15 is 0 Å². The third kappa shape index (κ3) is 2.23. The summed E-state index contributed by atoms with van der Waals surface area (Å²) in [5.74, 6) is 0.784. The van der Waals surface area contributed by atoms with Gasteiger partial charge in [-0.05, 0) is 36.2 Å². The molecule has 3 aromatic rings. The molecule has 21 heavy (non-hydrogen) atoms. The molecular weight excluding hydrogens is 268 g/mol. The van der Waals surface area contributed by atoms with Gasteiger partial charge in [-0.2, -0.15) is 0 Å². The first-order chi connectivity index (χ1) is 10.1. The monoisotopic (exact) mass is 282 g/mol. The molecule has 0 unspecified atom stereocenters. The molecule has 0 radical (unpaired) electrons. The number of aryl methyl sites for hydroxylation is 1. The molecule has 5 nitrogen and oxygen atoms in total. The molecule has 1 heterocycles. The third-order valence-electron chi connectivity index (χ3n) is 3.61. The molecule has 1 N–H and O–H groups in total. The summed E-state index contributed by atoms with van der Waals surface area (Å²) in [7, 11) is 1.63. The van der Waals surface area contributed by atoms with Crippen LogP contribution in [0.4, 0.5) is 5.69 Å². The van der Waals surface area contributed by atoms with E-state index in [0.717, 1.165) is 33.3 Å². The van der Waals surface area contributed by atoms with Gasteiger partial charge in [-0.1, -0.05) is 6.07 Å². The largest absolute Gasteiger partial charge is 0.497 e. The Morgan fingerprint density at radius 2 is 1.95 bits per heavy atom. The number of aromatic nitrogens is 1. The van der Waals surface area contributed by atoms with E-state index < -0.39 is 4.92 Å². The van der Waals surface area contributed by atoms with Crippen molar-refractivity contribution in [1.29, 1.82) is 0 Å². The Labute approximate surface area is 121 Å². The van der Waals surface area contributed by atoms with Gasteiger partial charge in [-0.15, -0.1) is 0 Å². The topological polar surface area (TPSA) is 68.2 Å². The molecule has 0 aliphatic carbocycles. The van der Waals surface area contributed by atoms with E-state index in [1.807, 2.05) is 31.3 Å². The average molecular weight is 282 g/mol. The van der Waals surface area contributed by atoms with Crippen LogP contribution in [0, 0.1) is 17.0 Å². The van der Waals surface area contributed by atoms with Crippen LogP contribution in [0.1, 0.15) is 5.56 Å². The van der Waals surface area contributed by atoms with Crippen molar-refractivity contribution in [2.45, 2.75) is 6.92 Å². The maximum absolute atomic E-state index is 10.8. The zero-order chi connectivity index (χ0) is 15.0. The van der Waals surface area contributed by atoms with Crippen LogP contribution >= 0.6 is 0 Å². The zero-order valence-electron chi connectivity index (χ0n) is 11.7. The number of non-ortho nitro benzene ring substituents is 1. The summed E-state index contributed by atoms with van der Waals surface area (Å²) in [4.78, 5) is 13.5. The van der Waals surface area contributed by atoms with Crippen LogP contribution in [0.2, 0.25) is 0 Å². The van der Waals surface area contributed by atoms with Crippen molar-refractivity contribution in [2.24, 2.45) is 0 Å². The van der Waals surface area contributed by atoms with E-state index in [1.165, 1.54) is 6.07 Å². The van der Waals surface area contributed by atoms with Gasteiger partial charge in [0.25, 0.3) is 5.69 Å². The summed E-state index contributed by atoms with van der Waals surface area (Å²) in [6.07, 6.45) is 1.87. The Kier molecular flexibility index (Phi) is 3.10. The van der Waals surface area contributed by atoms with Crippen LogP contribution in [0.3, 0.4) is 0 Å². The van der Waals surface area contributed by atoms with Gasteiger partial charge < -0.3 is 9.72 Å². The number of rotatable bonds is 3. The van der Waals surface area contributed by atoms with Gasteiger partial charge >= 0.3 is 0 Å². The fraction of sp³-hybridized carbons (Fsp3) is 0.125. The number of hydrogen-bond donors (Lipinski definition) is 1. The third-order valence-corrected chi connectivity index (χ3v) is 3.61. The van der Waals surface area contributed by atoms with E-state index in [2.05, 4.69) is 4.98 Å². The number of benzene rings is 2. The highest BCUT2D eigenvalue weighted by Crippen LogP contribution is 2.34. The summed E-state index contributed by atoms with van der Waals surface area (Å²) in [5.41, 5.74) is 4.01. The Morgan fingerprint density at radius 3 is 2.67 bits per heavy atom. The summed E-state index contributed by atoms with van der Waals surface area (Å²) >= 11 is 0. The van der Waals surface area contributed by atoms with E-state index in [-0.39, 0.29) is 5.69 Å². The maximum atomic E-state index is 10.8. The number of fused-ring (bicyclic) bond motifs is 1. The van der Waals surface area contributed by atoms with Crippen LogP contribution in [-0.4, -0.2) is 17.0 Å². The van der Waals surface area contributed by atoms with Gasteiger partial charge in [-0.3, -0.25) is 10.1 Å². The van der Waals surface area contributed by atoms with Crippen molar-refractivity contribution in [2.75, 3.05) is 7.11 Å². The number of nitro groups is 1. The Morgan fingerprint density at radius 1 is 1.14 bits per heavy atom. The van der Waals surface area contributed by atoms with E-state index in [4.69, 9.17) is 4.74 Å². The van der Waals surface area contributed by atoms with Gasteiger partial charge in [0, 0.05) is 29.3 Å². The zero-order valence-corrected chi connectivity index (χ0v) is 11.7. The lowest BCUT2D eigenvalue weighted by molar-refractivity contribution is -0.384. The number of hydrogen-bond acceptors (Lipinski definition) is 3. The molecule has 0 amide bonds. The smallest absolute Gasteiger partial charge is 0.271 e. The second-order valence-electron chi connectivity index (χ2n) is 4.87. The molecule has 0 spiro atoms. The predicted octanol–water partition coefficient (Wildman–Crippen LogP) is 4.06. The summed E-state index contributed by atoms with van der Waals surface area (Å²) < 4.78 is 5.27. The lowest BCUT2D eigenvalue weighted by Crippen LogP contribution is -1.88.